The number of rotatable bonds is 4. The number of fused-ring (bicyclic) bond motifs is 1. The van der Waals surface area contributed by atoms with Gasteiger partial charge in [0.1, 0.15) is 12.4 Å². The van der Waals surface area contributed by atoms with Gasteiger partial charge in [-0.3, -0.25) is 0 Å². The molecule has 88 valence electrons. The summed E-state index contributed by atoms with van der Waals surface area (Å²) in [4.78, 5) is 7.48. The molecule has 0 aliphatic heterocycles. The first kappa shape index (κ1) is 11.9. The van der Waals surface area contributed by atoms with Crippen LogP contribution in [0.25, 0.3) is 11.0 Å². The van der Waals surface area contributed by atoms with E-state index in [0.717, 1.165) is 11.0 Å². The molecule has 0 aliphatic carbocycles. The van der Waals surface area contributed by atoms with E-state index in [-0.39, 0.29) is 12.6 Å². The summed E-state index contributed by atoms with van der Waals surface area (Å²) in [5.41, 5.74) is 7.61. The van der Waals surface area contributed by atoms with Gasteiger partial charge in [0.25, 0.3) is 0 Å². The summed E-state index contributed by atoms with van der Waals surface area (Å²) in [5, 5.41) is 0.646. The van der Waals surface area contributed by atoms with E-state index in [1.165, 1.54) is 0 Å². The van der Waals surface area contributed by atoms with Crippen LogP contribution in [-0.2, 0) is 4.74 Å². The SMILES string of the molecule is C#CCOC[C@H](N)c1nc2cc(Cl)ccc2[nH]1. The molecule has 0 fully saturated rings. The lowest BCUT2D eigenvalue weighted by molar-refractivity contribution is 0.150. The molecule has 2 rings (SSSR count). The average molecular weight is 250 g/mol. The summed E-state index contributed by atoms with van der Waals surface area (Å²) in [6, 6.07) is 5.12. The lowest BCUT2D eigenvalue weighted by atomic mass is 10.3. The zero-order valence-corrected chi connectivity index (χ0v) is 9.87. The second kappa shape index (κ2) is 5.19. The Balaban J connectivity index is 2.16. The van der Waals surface area contributed by atoms with Crippen molar-refractivity contribution in [2.75, 3.05) is 13.2 Å². The topological polar surface area (TPSA) is 63.9 Å². The monoisotopic (exact) mass is 249 g/mol. The molecule has 5 heteroatoms. The second-order valence-electron chi connectivity index (χ2n) is 3.61. The number of H-pyrrole nitrogens is 1. The van der Waals surface area contributed by atoms with Crippen molar-refractivity contribution >= 4 is 22.6 Å². The smallest absolute Gasteiger partial charge is 0.126 e. The normalized spacial score (nSPS) is 12.5. The van der Waals surface area contributed by atoms with E-state index in [9.17, 15) is 0 Å². The maximum Gasteiger partial charge on any atom is 0.126 e. The van der Waals surface area contributed by atoms with E-state index in [1.54, 1.807) is 12.1 Å². The van der Waals surface area contributed by atoms with Crippen molar-refractivity contribution in [3.63, 3.8) is 0 Å². The van der Waals surface area contributed by atoms with Gasteiger partial charge in [-0.25, -0.2) is 4.98 Å². The number of nitrogens with two attached hydrogens (primary N) is 1. The zero-order chi connectivity index (χ0) is 12.3. The molecular formula is C12H12ClN3O. The first-order valence-corrected chi connectivity index (χ1v) is 5.50. The van der Waals surface area contributed by atoms with Crippen LogP contribution >= 0.6 is 11.6 Å². The van der Waals surface area contributed by atoms with Crippen LogP contribution in [0, 0.1) is 12.3 Å². The van der Waals surface area contributed by atoms with Gasteiger partial charge >= 0.3 is 0 Å². The Bertz CT molecular complexity index is 558. The molecule has 1 heterocycles. The maximum absolute atomic E-state index is 5.92. The largest absolute Gasteiger partial charge is 0.367 e. The quantitative estimate of drug-likeness (QED) is 0.642. The highest BCUT2D eigenvalue weighted by Gasteiger charge is 2.11. The van der Waals surface area contributed by atoms with Gasteiger partial charge in [-0.1, -0.05) is 17.5 Å². The molecule has 0 amide bonds. The van der Waals surface area contributed by atoms with E-state index >= 15 is 0 Å². The van der Waals surface area contributed by atoms with Crippen molar-refractivity contribution < 1.29 is 4.74 Å². The second-order valence-corrected chi connectivity index (χ2v) is 4.05. The molecular weight excluding hydrogens is 238 g/mol. The first-order valence-electron chi connectivity index (χ1n) is 5.12. The van der Waals surface area contributed by atoms with Crippen LogP contribution in [0.5, 0.6) is 0 Å². The number of ether oxygens (including phenoxy) is 1. The van der Waals surface area contributed by atoms with Crippen LogP contribution in [0.15, 0.2) is 18.2 Å². The molecule has 0 aliphatic rings. The number of aromatic amines is 1. The number of halogens is 1. The van der Waals surface area contributed by atoms with Crippen LogP contribution in [0.4, 0.5) is 0 Å². The molecule has 0 saturated heterocycles. The predicted molar refractivity (Wildman–Crippen MR) is 67.7 cm³/mol. The molecule has 0 bridgehead atoms. The number of imidazole rings is 1. The van der Waals surface area contributed by atoms with Gasteiger partial charge in [0.2, 0.25) is 0 Å². The van der Waals surface area contributed by atoms with Gasteiger partial charge in [0, 0.05) is 5.02 Å². The van der Waals surface area contributed by atoms with Crippen LogP contribution in [-0.4, -0.2) is 23.2 Å². The Hall–Kier alpha value is -1.54. The fourth-order valence-electron chi connectivity index (χ4n) is 1.50. The number of terminal acetylenes is 1. The molecule has 0 radical (unpaired) electrons. The number of nitrogens with one attached hydrogen (secondary N) is 1. The van der Waals surface area contributed by atoms with E-state index in [2.05, 4.69) is 15.9 Å². The van der Waals surface area contributed by atoms with Crippen molar-refractivity contribution in [1.29, 1.82) is 0 Å². The maximum atomic E-state index is 5.92. The van der Waals surface area contributed by atoms with Crippen LogP contribution in [0.3, 0.4) is 0 Å². The Kier molecular flexibility index (Phi) is 3.64. The van der Waals surface area contributed by atoms with Crippen molar-refractivity contribution in [3.8, 4) is 12.3 Å². The minimum absolute atomic E-state index is 0.250. The van der Waals surface area contributed by atoms with E-state index in [0.29, 0.717) is 17.5 Å². The average Bonchev–Trinajstić information content (AvgIpc) is 2.72. The van der Waals surface area contributed by atoms with E-state index in [1.807, 2.05) is 6.07 Å². The Morgan fingerprint density at radius 3 is 3.18 bits per heavy atom. The highest BCUT2D eigenvalue weighted by atomic mass is 35.5. The molecule has 1 atom stereocenters. The van der Waals surface area contributed by atoms with Gasteiger partial charge in [-0.05, 0) is 18.2 Å². The Morgan fingerprint density at radius 1 is 1.59 bits per heavy atom. The van der Waals surface area contributed by atoms with Crippen LogP contribution < -0.4 is 5.73 Å². The lowest BCUT2D eigenvalue weighted by Gasteiger charge is -2.07. The highest BCUT2D eigenvalue weighted by Crippen LogP contribution is 2.19. The highest BCUT2D eigenvalue weighted by molar-refractivity contribution is 6.31. The van der Waals surface area contributed by atoms with Crippen molar-refractivity contribution in [2.24, 2.45) is 5.73 Å². The molecule has 1 aromatic carbocycles. The minimum Gasteiger partial charge on any atom is -0.367 e. The summed E-state index contributed by atoms with van der Waals surface area (Å²) >= 11 is 5.88. The fourth-order valence-corrected chi connectivity index (χ4v) is 1.66. The summed E-state index contributed by atoms with van der Waals surface area (Å²) < 4.78 is 5.17. The molecule has 3 N–H and O–H groups in total. The number of nitrogens with zero attached hydrogens (tertiary/aromatic N) is 1. The lowest BCUT2D eigenvalue weighted by Crippen LogP contribution is -2.18. The van der Waals surface area contributed by atoms with E-state index in [4.69, 9.17) is 28.5 Å². The van der Waals surface area contributed by atoms with Crippen LogP contribution in [0.2, 0.25) is 5.02 Å². The summed E-state index contributed by atoms with van der Waals surface area (Å²) in [5.74, 6) is 3.05. The van der Waals surface area contributed by atoms with Gasteiger partial charge in [0.15, 0.2) is 0 Å². The molecule has 1 aromatic heterocycles. The third-order valence-corrected chi connectivity index (χ3v) is 2.53. The third kappa shape index (κ3) is 2.77. The fraction of sp³-hybridized carbons (Fsp3) is 0.250. The minimum atomic E-state index is -0.325. The molecule has 0 saturated carbocycles. The van der Waals surface area contributed by atoms with E-state index < -0.39 is 0 Å². The Labute approximate surface area is 104 Å². The standard InChI is InChI=1S/C12H12ClN3O/c1-2-5-17-7-9(14)12-15-10-4-3-8(13)6-11(10)16-12/h1,3-4,6,9H,5,7,14H2,(H,15,16)/t9-/m0/s1. The summed E-state index contributed by atoms with van der Waals surface area (Å²) in [6.45, 7) is 0.581. The number of benzene rings is 1. The molecule has 0 spiro atoms. The molecule has 17 heavy (non-hydrogen) atoms. The van der Waals surface area contributed by atoms with Gasteiger partial charge < -0.3 is 15.5 Å². The Morgan fingerprint density at radius 2 is 2.41 bits per heavy atom. The van der Waals surface area contributed by atoms with Gasteiger partial charge in [-0.15, -0.1) is 6.42 Å². The third-order valence-electron chi connectivity index (χ3n) is 2.30. The molecule has 4 nitrogen and oxygen atoms in total. The molecule has 2 aromatic rings. The van der Waals surface area contributed by atoms with Crippen molar-refractivity contribution in [3.05, 3.63) is 29.0 Å². The van der Waals surface area contributed by atoms with Crippen molar-refractivity contribution in [1.82, 2.24) is 9.97 Å². The number of hydrogen-bond acceptors (Lipinski definition) is 3. The van der Waals surface area contributed by atoms with Crippen LogP contribution in [0.1, 0.15) is 11.9 Å². The first-order chi connectivity index (χ1) is 8.20. The zero-order valence-electron chi connectivity index (χ0n) is 9.11. The number of hydrogen-bond donors (Lipinski definition) is 2. The van der Waals surface area contributed by atoms with Gasteiger partial charge in [-0.2, -0.15) is 0 Å². The van der Waals surface area contributed by atoms with Gasteiger partial charge in [0.05, 0.1) is 23.7 Å². The summed E-state index contributed by atoms with van der Waals surface area (Å²) in [6.07, 6.45) is 5.08. The number of aromatic nitrogens is 2. The molecule has 0 unspecified atom stereocenters. The van der Waals surface area contributed by atoms with Crippen molar-refractivity contribution in [2.45, 2.75) is 6.04 Å². The summed E-state index contributed by atoms with van der Waals surface area (Å²) in [7, 11) is 0. The predicted octanol–water partition coefficient (Wildman–Crippen LogP) is 1.87.